The predicted molar refractivity (Wildman–Crippen MR) is 122 cm³/mol. The van der Waals surface area contributed by atoms with Crippen LogP contribution in [-0.2, 0) is 6.42 Å². The van der Waals surface area contributed by atoms with Gasteiger partial charge in [-0.2, -0.15) is 0 Å². The third kappa shape index (κ3) is 6.09. The van der Waals surface area contributed by atoms with Crippen molar-refractivity contribution in [2.45, 2.75) is 70.8 Å². The first-order chi connectivity index (χ1) is 13.7. The molecule has 1 N–H and O–H groups in total. The summed E-state index contributed by atoms with van der Waals surface area (Å²) in [5, 5.41) is 1.40. The largest absolute Gasteiger partial charge is 0.361 e. The molecule has 1 aliphatic rings. The molecular formula is C25H41N3. The Bertz CT molecular complexity index is 682. The molecule has 0 bridgehead atoms. The van der Waals surface area contributed by atoms with E-state index in [0.29, 0.717) is 0 Å². The molecule has 1 heterocycles. The molecule has 0 atom stereocenters. The molecule has 0 unspecified atom stereocenters. The Kier molecular flexibility index (Phi) is 8.42. The van der Waals surface area contributed by atoms with Gasteiger partial charge in [-0.1, -0.05) is 31.5 Å². The van der Waals surface area contributed by atoms with Crippen LogP contribution in [0, 0.1) is 5.92 Å². The smallest absolute Gasteiger partial charge is 0.0456 e. The number of aromatic nitrogens is 1. The maximum absolute atomic E-state index is 3.42. The summed E-state index contributed by atoms with van der Waals surface area (Å²) < 4.78 is 0. The minimum Gasteiger partial charge on any atom is -0.361 e. The average molecular weight is 384 g/mol. The normalized spacial score (nSPS) is 20.5. The fourth-order valence-electron chi connectivity index (χ4n) is 4.86. The summed E-state index contributed by atoms with van der Waals surface area (Å²) in [5.74, 6) is 0.953. The molecule has 1 aliphatic carbocycles. The highest BCUT2D eigenvalue weighted by molar-refractivity contribution is 5.82. The fourth-order valence-corrected chi connectivity index (χ4v) is 4.86. The summed E-state index contributed by atoms with van der Waals surface area (Å²) in [6.07, 6.45) is 14.3. The first kappa shape index (κ1) is 21.4. The molecule has 3 rings (SSSR count). The van der Waals surface area contributed by atoms with Crippen molar-refractivity contribution in [1.82, 2.24) is 14.8 Å². The van der Waals surface area contributed by atoms with Crippen molar-refractivity contribution in [3.05, 3.63) is 36.0 Å². The Morgan fingerprint density at radius 3 is 2.46 bits per heavy atom. The summed E-state index contributed by atoms with van der Waals surface area (Å²) in [5.41, 5.74) is 2.75. The van der Waals surface area contributed by atoms with Gasteiger partial charge in [-0.3, -0.25) is 0 Å². The van der Waals surface area contributed by atoms with Gasteiger partial charge < -0.3 is 14.8 Å². The Labute approximate surface area is 172 Å². The predicted octanol–water partition coefficient (Wildman–Crippen LogP) is 5.71. The Balaban J connectivity index is 1.43. The number of nitrogens with zero attached hydrogens (tertiary/aromatic N) is 2. The van der Waals surface area contributed by atoms with E-state index in [9.17, 15) is 0 Å². The first-order valence-corrected chi connectivity index (χ1v) is 11.6. The third-order valence-electron chi connectivity index (χ3n) is 6.82. The SMILES string of the molecule is CCCCN(CCCc1c[nH]c2ccccc12)CCC1CCC(N(C)C)CC1. The summed E-state index contributed by atoms with van der Waals surface area (Å²) in [7, 11) is 4.48. The van der Waals surface area contributed by atoms with Gasteiger partial charge in [0.15, 0.2) is 0 Å². The van der Waals surface area contributed by atoms with E-state index < -0.39 is 0 Å². The van der Waals surface area contributed by atoms with Gasteiger partial charge in [0, 0.05) is 23.1 Å². The molecule has 0 spiro atoms. The molecule has 0 amide bonds. The monoisotopic (exact) mass is 383 g/mol. The van der Waals surface area contributed by atoms with Crippen LogP contribution in [0.4, 0.5) is 0 Å². The van der Waals surface area contributed by atoms with Crippen molar-refractivity contribution in [2.75, 3.05) is 33.7 Å². The minimum atomic E-state index is 0.823. The zero-order valence-electron chi connectivity index (χ0n) is 18.4. The maximum atomic E-state index is 3.42. The molecule has 3 heteroatoms. The third-order valence-corrected chi connectivity index (χ3v) is 6.82. The van der Waals surface area contributed by atoms with E-state index in [1.54, 1.807) is 0 Å². The highest BCUT2D eigenvalue weighted by Gasteiger charge is 2.22. The molecule has 0 aliphatic heterocycles. The van der Waals surface area contributed by atoms with Crippen molar-refractivity contribution < 1.29 is 0 Å². The molecule has 3 nitrogen and oxygen atoms in total. The quantitative estimate of drug-likeness (QED) is 0.536. The Morgan fingerprint density at radius 1 is 0.964 bits per heavy atom. The van der Waals surface area contributed by atoms with Gasteiger partial charge in [-0.05, 0) is 103 Å². The van der Waals surface area contributed by atoms with Gasteiger partial charge in [-0.15, -0.1) is 0 Å². The number of hydrogen-bond acceptors (Lipinski definition) is 2. The average Bonchev–Trinajstić information content (AvgIpc) is 3.13. The number of unbranched alkanes of at least 4 members (excludes halogenated alkanes) is 1. The molecule has 1 fully saturated rings. The topological polar surface area (TPSA) is 22.3 Å². The van der Waals surface area contributed by atoms with Crippen LogP contribution in [0.25, 0.3) is 10.9 Å². The van der Waals surface area contributed by atoms with E-state index in [1.807, 2.05) is 0 Å². The first-order valence-electron chi connectivity index (χ1n) is 11.6. The van der Waals surface area contributed by atoms with Crippen LogP contribution >= 0.6 is 0 Å². The van der Waals surface area contributed by atoms with Gasteiger partial charge in [-0.25, -0.2) is 0 Å². The van der Waals surface area contributed by atoms with Crippen LogP contribution in [-0.4, -0.2) is 54.6 Å². The van der Waals surface area contributed by atoms with E-state index in [4.69, 9.17) is 0 Å². The number of aryl methyl sites for hydroxylation is 1. The highest BCUT2D eigenvalue weighted by Crippen LogP contribution is 2.29. The number of fused-ring (bicyclic) bond motifs is 1. The van der Waals surface area contributed by atoms with E-state index in [0.717, 1.165) is 12.0 Å². The lowest BCUT2D eigenvalue weighted by atomic mass is 9.83. The second-order valence-corrected chi connectivity index (χ2v) is 9.09. The van der Waals surface area contributed by atoms with Crippen LogP contribution < -0.4 is 0 Å². The van der Waals surface area contributed by atoms with Crippen LogP contribution in [0.15, 0.2) is 30.5 Å². The van der Waals surface area contributed by atoms with Gasteiger partial charge in [0.05, 0.1) is 0 Å². The van der Waals surface area contributed by atoms with Crippen molar-refractivity contribution in [3.8, 4) is 0 Å². The number of H-pyrrole nitrogens is 1. The van der Waals surface area contributed by atoms with E-state index in [2.05, 4.69) is 66.3 Å². The lowest BCUT2D eigenvalue weighted by Gasteiger charge is -2.33. The summed E-state index contributed by atoms with van der Waals surface area (Å²) in [6.45, 7) is 6.13. The van der Waals surface area contributed by atoms with E-state index >= 15 is 0 Å². The van der Waals surface area contributed by atoms with Gasteiger partial charge >= 0.3 is 0 Å². The highest BCUT2D eigenvalue weighted by atomic mass is 15.1. The molecule has 156 valence electrons. The molecule has 0 radical (unpaired) electrons. The lowest BCUT2D eigenvalue weighted by Crippen LogP contribution is -2.34. The van der Waals surface area contributed by atoms with Crippen molar-refractivity contribution in [1.29, 1.82) is 0 Å². The zero-order chi connectivity index (χ0) is 19.8. The zero-order valence-corrected chi connectivity index (χ0v) is 18.4. The van der Waals surface area contributed by atoms with Gasteiger partial charge in [0.1, 0.15) is 0 Å². The Hall–Kier alpha value is -1.32. The second kappa shape index (κ2) is 11.0. The number of nitrogens with one attached hydrogen (secondary N) is 1. The van der Waals surface area contributed by atoms with Crippen LogP contribution in [0.1, 0.15) is 63.9 Å². The fraction of sp³-hybridized carbons (Fsp3) is 0.680. The molecule has 28 heavy (non-hydrogen) atoms. The molecule has 1 saturated carbocycles. The van der Waals surface area contributed by atoms with E-state index in [-0.39, 0.29) is 0 Å². The maximum Gasteiger partial charge on any atom is 0.0456 e. The summed E-state index contributed by atoms with van der Waals surface area (Å²) in [6, 6.07) is 9.51. The molecule has 2 aromatic rings. The van der Waals surface area contributed by atoms with E-state index in [1.165, 1.54) is 93.9 Å². The van der Waals surface area contributed by atoms with Gasteiger partial charge in [0.25, 0.3) is 0 Å². The molecule has 1 aromatic heterocycles. The van der Waals surface area contributed by atoms with Crippen molar-refractivity contribution in [2.24, 2.45) is 5.92 Å². The lowest BCUT2D eigenvalue weighted by molar-refractivity contribution is 0.172. The van der Waals surface area contributed by atoms with Crippen molar-refractivity contribution in [3.63, 3.8) is 0 Å². The van der Waals surface area contributed by atoms with Crippen LogP contribution in [0.5, 0.6) is 0 Å². The number of hydrogen-bond donors (Lipinski definition) is 1. The number of para-hydroxylation sites is 1. The second-order valence-electron chi connectivity index (χ2n) is 9.09. The standard InChI is InChI=1S/C25H41N3/c1-4-5-17-28(19-16-21-12-14-23(15-13-21)27(2)3)18-8-9-22-20-26-25-11-7-6-10-24(22)25/h6-7,10-11,20-21,23,26H,4-5,8-9,12-19H2,1-3H3. The van der Waals surface area contributed by atoms with Crippen molar-refractivity contribution >= 4 is 10.9 Å². The molecule has 1 aromatic carbocycles. The van der Waals surface area contributed by atoms with Crippen LogP contribution in [0.2, 0.25) is 0 Å². The minimum absolute atomic E-state index is 0.823. The summed E-state index contributed by atoms with van der Waals surface area (Å²) >= 11 is 0. The molecular weight excluding hydrogens is 342 g/mol. The summed E-state index contributed by atoms with van der Waals surface area (Å²) in [4.78, 5) is 8.59. The van der Waals surface area contributed by atoms with Crippen LogP contribution in [0.3, 0.4) is 0 Å². The van der Waals surface area contributed by atoms with Gasteiger partial charge in [0.2, 0.25) is 0 Å². The number of rotatable bonds is 11. The number of aromatic amines is 1. The Morgan fingerprint density at radius 2 is 1.71 bits per heavy atom. The molecule has 0 saturated heterocycles. The number of benzene rings is 1.